The molecule has 0 unspecified atom stereocenters. The first kappa shape index (κ1) is 23.3. The van der Waals surface area contributed by atoms with Gasteiger partial charge in [0.15, 0.2) is 17.2 Å². The summed E-state index contributed by atoms with van der Waals surface area (Å²) >= 11 is 1.45. The molecule has 1 aromatic heterocycles. The molecule has 0 bridgehead atoms. The molecule has 0 saturated heterocycles. The number of carboxylic acids is 1. The van der Waals surface area contributed by atoms with Crippen molar-refractivity contribution in [2.24, 2.45) is 0 Å². The van der Waals surface area contributed by atoms with Crippen LogP contribution in [0.5, 0.6) is 28.7 Å². The lowest BCUT2D eigenvalue weighted by Gasteiger charge is -2.23. The van der Waals surface area contributed by atoms with E-state index in [2.05, 4.69) is 0 Å². The van der Waals surface area contributed by atoms with E-state index in [1.165, 1.54) is 11.3 Å². The molecule has 0 aliphatic heterocycles. The molecule has 0 amide bonds. The van der Waals surface area contributed by atoms with Crippen molar-refractivity contribution < 1.29 is 28.8 Å². The van der Waals surface area contributed by atoms with Crippen LogP contribution in [0, 0.1) is 0 Å². The maximum atomic E-state index is 11.8. The molecule has 0 atom stereocenters. The quantitative estimate of drug-likeness (QED) is 0.307. The van der Waals surface area contributed by atoms with E-state index in [9.17, 15) is 9.90 Å². The Bertz CT molecular complexity index is 1270. The molecule has 0 spiro atoms. The van der Waals surface area contributed by atoms with Gasteiger partial charge in [-0.3, -0.25) is 4.79 Å². The van der Waals surface area contributed by atoms with E-state index in [-0.39, 0.29) is 6.54 Å². The number of benzene rings is 3. The molecule has 0 aliphatic rings. The molecule has 0 aliphatic carbocycles. The van der Waals surface area contributed by atoms with Crippen LogP contribution in [0.2, 0.25) is 0 Å². The van der Waals surface area contributed by atoms with Crippen molar-refractivity contribution in [2.75, 3.05) is 32.8 Å². The molecule has 0 saturated carbocycles. The van der Waals surface area contributed by atoms with Crippen LogP contribution in [0.25, 0.3) is 10.1 Å². The number of ether oxygens (including phenoxy) is 4. The van der Waals surface area contributed by atoms with Crippen molar-refractivity contribution in [3.8, 4) is 28.7 Å². The first-order chi connectivity index (χ1) is 16.5. The van der Waals surface area contributed by atoms with Crippen molar-refractivity contribution in [1.82, 2.24) is 0 Å². The largest absolute Gasteiger partial charge is 0.497 e. The maximum absolute atomic E-state index is 11.8. The minimum Gasteiger partial charge on any atom is -0.497 e. The van der Waals surface area contributed by atoms with Gasteiger partial charge in [0.05, 0.1) is 21.3 Å². The highest BCUT2D eigenvalue weighted by Gasteiger charge is 2.24. The first-order valence-corrected chi connectivity index (χ1v) is 11.3. The van der Waals surface area contributed by atoms with Crippen LogP contribution in [-0.4, -0.2) is 38.9 Å². The third-order valence-electron chi connectivity index (χ3n) is 5.24. The summed E-state index contributed by atoms with van der Waals surface area (Å²) in [5.41, 5.74) is 0.992. The zero-order valence-electron chi connectivity index (χ0n) is 19.1. The van der Waals surface area contributed by atoms with E-state index in [1.807, 2.05) is 66.7 Å². The summed E-state index contributed by atoms with van der Waals surface area (Å²) in [6.45, 7) is 0.224. The van der Waals surface area contributed by atoms with Gasteiger partial charge in [0.1, 0.15) is 23.0 Å². The fourth-order valence-electron chi connectivity index (χ4n) is 3.62. The smallest absolute Gasteiger partial charge is 0.323 e. The summed E-state index contributed by atoms with van der Waals surface area (Å²) in [6, 6.07) is 20.7. The fourth-order valence-corrected chi connectivity index (χ4v) is 4.76. The fraction of sp³-hybridized carbons (Fsp3) is 0.192. The zero-order valence-corrected chi connectivity index (χ0v) is 19.9. The number of carbonyl (C=O) groups is 1. The highest BCUT2D eigenvalue weighted by molar-refractivity contribution is 7.23. The van der Waals surface area contributed by atoms with Crippen LogP contribution in [0.15, 0.2) is 66.7 Å². The van der Waals surface area contributed by atoms with E-state index >= 15 is 0 Å². The van der Waals surface area contributed by atoms with Crippen LogP contribution < -0.4 is 23.8 Å². The molecule has 4 aromatic rings. The van der Waals surface area contributed by atoms with Gasteiger partial charge in [-0.1, -0.05) is 30.3 Å². The molecule has 176 valence electrons. The molecule has 1 N–H and O–H groups in total. The summed E-state index contributed by atoms with van der Waals surface area (Å²) in [6.07, 6.45) is 0. The second-order valence-electron chi connectivity index (χ2n) is 7.45. The second-order valence-corrected chi connectivity index (χ2v) is 8.48. The minimum absolute atomic E-state index is 0.186. The Balaban J connectivity index is 1.86. The van der Waals surface area contributed by atoms with Crippen LogP contribution in [0.3, 0.4) is 0 Å². The Morgan fingerprint density at radius 2 is 1.53 bits per heavy atom. The third-order valence-corrected chi connectivity index (χ3v) is 6.43. The molecule has 0 radical (unpaired) electrons. The number of carboxylic acid groups (broad SMARTS) is 1. The average Bonchev–Trinajstić information content (AvgIpc) is 3.20. The van der Waals surface area contributed by atoms with E-state index in [1.54, 1.807) is 26.2 Å². The van der Waals surface area contributed by atoms with Gasteiger partial charge in [-0.2, -0.15) is 0 Å². The molecule has 4 rings (SSSR count). The van der Waals surface area contributed by atoms with Crippen molar-refractivity contribution in [3.63, 3.8) is 0 Å². The highest BCUT2D eigenvalue weighted by Crippen LogP contribution is 2.50. The van der Waals surface area contributed by atoms with Gasteiger partial charge >= 0.3 is 5.97 Å². The molecule has 3 aromatic carbocycles. The summed E-state index contributed by atoms with van der Waals surface area (Å²) < 4.78 is 23.5. The van der Waals surface area contributed by atoms with Crippen LogP contribution >= 0.6 is 11.3 Å². The van der Waals surface area contributed by atoms with Crippen LogP contribution in [-0.2, 0) is 11.3 Å². The maximum Gasteiger partial charge on any atom is 0.323 e. The molecule has 7 nitrogen and oxygen atoms in total. The first-order valence-electron chi connectivity index (χ1n) is 10.5. The number of thiophene rings is 1. The monoisotopic (exact) mass is 479 g/mol. The SMILES string of the molecule is COc1ccc(Oc2c(N(CC(=O)O)Cc3ccccc3)sc3cc(OC)c(OC)cc23)cc1. The lowest BCUT2D eigenvalue weighted by atomic mass is 10.2. The van der Waals surface area contributed by atoms with Crippen LogP contribution in [0.1, 0.15) is 5.56 Å². The standard InChI is InChI=1S/C26H25NO6S/c1-30-18-9-11-19(12-10-18)33-25-20-13-21(31-2)22(32-3)14-23(20)34-26(25)27(16-24(28)29)15-17-7-5-4-6-8-17/h4-14H,15-16H2,1-3H3,(H,28,29). The number of rotatable bonds is 10. The topological polar surface area (TPSA) is 77.5 Å². The number of aliphatic carboxylic acids is 1. The van der Waals surface area contributed by atoms with Crippen LogP contribution in [0.4, 0.5) is 5.00 Å². The summed E-state index contributed by atoms with van der Waals surface area (Å²) in [5.74, 6) is 2.10. The number of fused-ring (bicyclic) bond motifs is 1. The zero-order chi connectivity index (χ0) is 24.1. The normalized spacial score (nSPS) is 10.7. The van der Waals surface area contributed by atoms with Crippen molar-refractivity contribution in [3.05, 3.63) is 72.3 Å². The van der Waals surface area contributed by atoms with Gasteiger partial charge in [-0.15, -0.1) is 11.3 Å². The van der Waals surface area contributed by atoms with Gasteiger partial charge in [0, 0.05) is 22.7 Å². The van der Waals surface area contributed by atoms with E-state index < -0.39 is 5.97 Å². The molecule has 0 fully saturated rings. The average molecular weight is 480 g/mol. The summed E-state index contributed by atoms with van der Waals surface area (Å²) in [4.78, 5) is 13.6. The van der Waals surface area contributed by atoms with Crippen molar-refractivity contribution in [1.29, 1.82) is 0 Å². The van der Waals surface area contributed by atoms with Crippen molar-refractivity contribution >= 4 is 32.4 Å². The third kappa shape index (κ3) is 5.02. The Kier molecular flexibility index (Phi) is 7.08. The molecule has 1 heterocycles. The lowest BCUT2D eigenvalue weighted by molar-refractivity contribution is -0.135. The van der Waals surface area contributed by atoms with E-state index in [4.69, 9.17) is 18.9 Å². The number of anilines is 1. The molecular formula is C26H25NO6S. The Labute approximate surface area is 201 Å². The lowest BCUT2D eigenvalue weighted by Crippen LogP contribution is -2.28. The predicted octanol–water partition coefficient (Wildman–Crippen LogP) is 5.81. The van der Waals surface area contributed by atoms with Gasteiger partial charge in [-0.25, -0.2) is 0 Å². The second kappa shape index (κ2) is 10.4. The van der Waals surface area contributed by atoms with Gasteiger partial charge in [0.2, 0.25) is 0 Å². The summed E-state index contributed by atoms with van der Waals surface area (Å²) in [7, 11) is 4.76. The number of nitrogens with zero attached hydrogens (tertiary/aromatic N) is 1. The Morgan fingerprint density at radius 1 is 0.882 bits per heavy atom. The van der Waals surface area contributed by atoms with E-state index in [0.29, 0.717) is 40.3 Å². The number of hydrogen-bond acceptors (Lipinski definition) is 7. The highest BCUT2D eigenvalue weighted by atomic mass is 32.1. The number of hydrogen-bond donors (Lipinski definition) is 1. The Morgan fingerprint density at radius 3 is 2.15 bits per heavy atom. The number of methoxy groups -OCH3 is 3. The molecule has 8 heteroatoms. The molecular weight excluding hydrogens is 454 g/mol. The van der Waals surface area contributed by atoms with Gasteiger partial charge in [0.25, 0.3) is 0 Å². The van der Waals surface area contributed by atoms with E-state index in [0.717, 1.165) is 15.6 Å². The molecule has 34 heavy (non-hydrogen) atoms. The minimum atomic E-state index is -0.932. The van der Waals surface area contributed by atoms with Gasteiger partial charge in [-0.05, 0) is 35.9 Å². The Hall–Kier alpha value is -3.91. The predicted molar refractivity (Wildman–Crippen MR) is 133 cm³/mol. The summed E-state index contributed by atoms with van der Waals surface area (Å²) in [5, 5.41) is 11.2. The van der Waals surface area contributed by atoms with Crippen molar-refractivity contribution in [2.45, 2.75) is 6.54 Å². The van der Waals surface area contributed by atoms with Gasteiger partial charge < -0.3 is 29.0 Å².